The van der Waals surface area contributed by atoms with E-state index < -0.39 is 0 Å². The maximum absolute atomic E-state index is 11.9. The Hall–Kier alpha value is -1.14. The van der Waals surface area contributed by atoms with Crippen molar-refractivity contribution in [2.75, 3.05) is 45.9 Å². The van der Waals surface area contributed by atoms with Gasteiger partial charge in [-0.15, -0.1) is 0 Å². The lowest BCUT2D eigenvalue weighted by Crippen LogP contribution is -2.42. The maximum atomic E-state index is 11.9. The van der Waals surface area contributed by atoms with Crippen molar-refractivity contribution in [2.24, 2.45) is 5.92 Å². The first kappa shape index (κ1) is 16.2. The molecule has 0 aromatic carbocycles. The number of piperidine rings is 1. The average Bonchev–Trinajstić information content (AvgIpc) is 2.54. The summed E-state index contributed by atoms with van der Waals surface area (Å²) in [5, 5.41) is 6.22. The number of morpholine rings is 1. The van der Waals surface area contributed by atoms with E-state index in [1.165, 1.54) is 12.8 Å². The first-order valence-electron chi connectivity index (χ1n) is 8.08. The predicted octanol–water partition coefficient (Wildman–Crippen LogP) is 0.131. The smallest absolute Gasteiger partial charge is 0.224 e. The van der Waals surface area contributed by atoms with Gasteiger partial charge in [0.2, 0.25) is 11.8 Å². The fourth-order valence-electron chi connectivity index (χ4n) is 2.87. The van der Waals surface area contributed by atoms with Gasteiger partial charge in [-0.05, 0) is 38.3 Å². The van der Waals surface area contributed by atoms with Gasteiger partial charge in [0.15, 0.2) is 0 Å². The molecule has 2 aliphatic heterocycles. The molecule has 0 aromatic rings. The summed E-state index contributed by atoms with van der Waals surface area (Å²) in [7, 11) is 0. The van der Waals surface area contributed by atoms with Gasteiger partial charge in [0, 0.05) is 32.5 Å². The molecule has 0 saturated carbocycles. The van der Waals surface area contributed by atoms with Crippen molar-refractivity contribution in [1.82, 2.24) is 15.5 Å². The summed E-state index contributed by atoms with van der Waals surface area (Å²) < 4.78 is 5.21. The normalized spacial score (nSPS) is 22.9. The molecule has 2 rings (SSSR count). The summed E-state index contributed by atoms with van der Waals surface area (Å²) in [4.78, 5) is 25.5. The number of rotatable bonds is 6. The molecule has 0 bridgehead atoms. The molecule has 2 amide bonds. The Balaban J connectivity index is 1.52. The minimum absolute atomic E-state index is 0.0651. The van der Waals surface area contributed by atoms with E-state index in [-0.39, 0.29) is 11.8 Å². The Kier molecular flexibility index (Phi) is 6.95. The zero-order valence-corrected chi connectivity index (χ0v) is 12.7. The number of carbonyl (C=O) groups is 2. The summed E-state index contributed by atoms with van der Waals surface area (Å²) in [5.41, 5.74) is 0. The largest absolute Gasteiger partial charge is 0.378 e. The molecule has 0 aliphatic carbocycles. The van der Waals surface area contributed by atoms with Crippen LogP contribution in [0.5, 0.6) is 0 Å². The van der Waals surface area contributed by atoms with Gasteiger partial charge in [0.25, 0.3) is 0 Å². The van der Waals surface area contributed by atoms with E-state index in [1.807, 2.05) is 4.90 Å². The molecular formula is C15H27N3O3. The van der Waals surface area contributed by atoms with Crippen LogP contribution in [0, 0.1) is 5.92 Å². The van der Waals surface area contributed by atoms with Crippen molar-refractivity contribution < 1.29 is 14.3 Å². The monoisotopic (exact) mass is 297 g/mol. The van der Waals surface area contributed by atoms with Crippen LogP contribution in [0.2, 0.25) is 0 Å². The Labute approximate surface area is 126 Å². The molecular weight excluding hydrogens is 270 g/mol. The Morgan fingerprint density at radius 3 is 2.76 bits per heavy atom. The van der Waals surface area contributed by atoms with Crippen LogP contribution in [0.15, 0.2) is 0 Å². The molecule has 2 saturated heterocycles. The number of carbonyl (C=O) groups excluding carboxylic acids is 2. The van der Waals surface area contributed by atoms with E-state index in [0.717, 1.165) is 19.5 Å². The summed E-state index contributed by atoms with van der Waals surface area (Å²) >= 11 is 0. The second kappa shape index (κ2) is 9.00. The second-order valence-electron chi connectivity index (χ2n) is 5.84. The van der Waals surface area contributed by atoms with E-state index >= 15 is 0 Å². The molecule has 2 heterocycles. The minimum Gasteiger partial charge on any atom is -0.378 e. The van der Waals surface area contributed by atoms with Crippen LogP contribution < -0.4 is 10.6 Å². The number of hydrogen-bond acceptors (Lipinski definition) is 4. The van der Waals surface area contributed by atoms with Crippen molar-refractivity contribution in [3.8, 4) is 0 Å². The van der Waals surface area contributed by atoms with Crippen LogP contribution in [0.25, 0.3) is 0 Å². The van der Waals surface area contributed by atoms with Crippen LogP contribution in [0.3, 0.4) is 0 Å². The van der Waals surface area contributed by atoms with E-state index in [4.69, 9.17) is 4.74 Å². The standard InChI is InChI=1S/C15H27N3O3/c19-14(4-3-13-2-1-6-16-12-13)17-7-5-15(20)18-8-10-21-11-9-18/h13,16H,1-12H2,(H,17,19). The van der Waals surface area contributed by atoms with Crippen LogP contribution in [-0.2, 0) is 14.3 Å². The van der Waals surface area contributed by atoms with Gasteiger partial charge in [0.1, 0.15) is 0 Å². The van der Waals surface area contributed by atoms with Gasteiger partial charge < -0.3 is 20.3 Å². The topological polar surface area (TPSA) is 70.7 Å². The minimum atomic E-state index is 0.0651. The second-order valence-corrected chi connectivity index (χ2v) is 5.84. The molecule has 0 radical (unpaired) electrons. The summed E-state index contributed by atoms with van der Waals surface area (Å²) in [6.07, 6.45) is 4.32. The lowest BCUT2D eigenvalue weighted by Gasteiger charge is -2.26. The van der Waals surface area contributed by atoms with E-state index in [2.05, 4.69) is 10.6 Å². The van der Waals surface area contributed by atoms with Crippen LogP contribution in [0.1, 0.15) is 32.1 Å². The van der Waals surface area contributed by atoms with Crippen molar-refractivity contribution >= 4 is 11.8 Å². The SMILES string of the molecule is O=C(CCC1CCCNC1)NCCC(=O)N1CCOCC1. The van der Waals surface area contributed by atoms with Crippen molar-refractivity contribution in [1.29, 1.82) is 0 Å². The Morgan fingerprint density at radius 2 is 2.05 bits per heavy atom. The van der Waals surface area contributed by atoms with E-state index in [1.54, 1.807) is 0 Å². The van der Waals surface area contributed by atoms with Gasteiger partial charge in [-0.3, -0.25) is 9.59 Å². The molecule has 2 fully saturated rings. The fourth-order valence-corrected chi connectivity index (χ4v) is 2.87. The highest BCUT2D eigenvalue weighted by atomic mass is 16.5. The number of nitrogens with zero attached hydrogens (tertiary/aromatic N) is 1. The van der Waals surface area contributed by atoms with Gasteiger partial charge in [0.05, 0.1) is 13.2 Å². The summed E-state index contributed by atoms with van der Waals surface area (Å²) in [5.74, 6) is 0.796. The van der Waals surface area contributed by atoms with Crippen molar-refractivity contribution in [3.05, 3.63) is 0 Å². The van der Waals surface area contributed by atoms with Gasteiger partial charge in [-0.1, -0.05) is 0 Å². The van der Waals surface area contributed by atoms with Crippen molar-refractivity contribution in [3.63, 3.8) is 0 Å². The van der Waals surface area contributed by atoms with Gasteiger partial charge in [-0.25, -0.2) is 0 Å². The molecule has 1 unspecified atom stereocenters. The summed E-state index contributed by atoms with van der Waals surface area (Å²) in [6, 6.07) is 0. The lowest BCUT2D eigenvalue weighted by atomic mass is 9.94. The van der Waals surface area contributed by atoms with Crippen LogP contribution in [-0.4, -0.2) is 62.7 Å². The van der Waals surface area contributed by atoms with Gasteiger partial charge in [-0.2, -0.15) is 0 Å². The molecule has 0 spiro atoms. The van der Waals surface area contributed by atoms with Crippen molar-refractivity contribution in [2.45, 2.75) is 32.1 Å². The highest BCUT2D eigenvalue weighted by molar-refractivity contribution is 5.79. The number of ether oxygens (including phenoxy) is 1. The zero-order valence-electron chi connectivity index (χ0n) is 12.7. The maximum Gasteiger partial charge on any atom is 0.224 e. The fraction of sp³-hybridized carbons (Fsp3) is 0.867. The third-order valence-corrected chi connectivity index (χ3v) is 4.20. The molecule has 120 valence electrons. The highest BCUT2D eigenvalue weighted by Gasteiger charge is 2.17. The van der Waals surface area contributed by atoms with E-state index in [9.17, 15) is 9.59 Å². The zero-order chi connectivity index (χ0) is 14.9. The first-order valence-corrected chi connectivity index (χ1v) is 8.08. The average molecular weight is 297 g/mol. The van der Waals surface area contributed by atoms with E-state index in [0.29, 0.717) is 51.6 Å². The molecule has 21 heavy (non-hydrogen) atoms. The van der Waals surface area contributed by atoms with Crippen LogP contribution in [0.4, 0.5) is 0 Å². The molecule has 2 aliphatic rings. The predicted molar refractivity (Wildman–Crippen MR) is 79.9 cm³/mol. The highest BCUT2D eigenvalue weighted by Crippen LogP contribution is 2.15. The number of nitrogens with one attached hydrogen (secondary N) is 2. The third kappa shape index (κ3) is 6.01. The third-order valence-electron chi connectivity index (χ3n) is 4.20. The molecule has 6 nitrogen and oxygen atoms in total. The first-order chi connectivity index (χ1) is 10.3. The molecule has 2 N–H and O–H groups in total. The molecule has 0 aromatic heterocycles. The molecule has 1 atom stereocenters. The van der Waals surface area contributed by atoms with Crippen LogP contribution >= 0.6 is 0 Å². The quantitative estimate of drug-likeness (QED) is 0.731. The van der Waals surface area contributed by atoms with Gasteiger partial charge >= 0.3 is 0 Å². The number of hydrogen-bond donors (Lipinski definition) is 2. The summed E-state index contributed by atoms with van der Waals surface area (Å²) in [6.45, 7) is 5.15. The molecule has 6 heteroatoms. The Morgan fingerprint density at radius 1 is 1.24 bits per heavy atom. The Bertz CT molecular complexity index is 337. The number of amides is 2. The lowest BCUT2D eigenvalue weighted by molar-refractivity contribution is -0.135.